The summed E-state index contributed by atoms with van der Waals surface area (Å²) in [7, 11) is 0. The van der Waals surface area contributed by atoms with Crippen molar-refractivity contribution in [2.45, 2.75) is 0 Å². The lowest BCUT2D eigenvalue weighted by atomic mass is 10.3. The minimum absolute atomic E-state index is 0.229. The molecule has 0 aliphatic carbocycles. The van der Waals surface area contributed by atoms with Crippen molar-refractivity contribution < 1.29 is 0 Å². The Morgan fingerprint density at radius 3 is 2.53 bits per heavy atom. The topological polar surface area (TPSA) is 74.7 Å². The maximum absolute atomic E-state index is 8.82. The van der Waals surface area contributed by atoms with E-state index in [4.69, 9.17) is 11.0 Å². The molecule has 2 aromatic rings. The van der Waals surface area contributed by atoms with Crippen LogP contribution in [-0.2, 0) is 0 Å². The van der Waals surface area contributed by atoms with Gasteiger partial charge in [0.05, 0.1) is 5.69 Å². The number of anilines is 3. The molecule has 0 spiro atoms. The van der Waals surface area contributed by atoms with Crippen LogP contribution in [0.2, 0.25) is 0 Å². The van der Waals surface area contributed by atoms with Gasteiger partial charge >= 0.3 is 0 Å². The minimum Gasteiger partial charge on any atom is -0.396 e. The van der Waals surface area contributed by atoms with E-state index in [1.807, 2.05) is 30.3 Å². The molecule has 0 unspecified atom stereocenters. The molecule has 5 heteroatoms. The summed E-state index contributed by atoms with van der Waals surface area (Å²) in [5.41, 5.74) is 7.10. The molecule has 17 heavy (non-hydrogen) atoms. The van der Waals surface area contributed by atoms with Crippen LogP contribution in [0.15, 0.2) is 40.9 Å². The summed E-state index contributed by atoms with van der Waals surface area (Å²) in [5.74, 6) is 0.595. The Labute approximate surface area is 107 Å². The molecule has 1 heterocycles. The summed E-state index contributed by atoms with van der Waals surface area (Å²) in [5, 5.41) is 11.9. The van der Waals surface area contributed by atoms with Crippen LogP contribution in [0.5, 0.6) is 0 Å². The van der Waals surface area contributed by atoms with Gasteiger partial charge in [0.1, 0.15) is 11.9 Å². The van der Waals surface area contributed by atoms with Gasteiger partial charge in [0.25, 0.3) is 0 Å². The van der Waals surface area contributed by atoms with Crippen LogP contribution < -0.4 is 11.1 Å². The Kier molecular flexibility index (Phi) is 3.26. The molecule has 0 amide bonds. The molecular weight excluding hydrogens is 280 g/mol. The Bertz CT molecular complexity index is 572. The lowest BCUT2D eigenvalue weighted by Gasteiger charge is -2.06. The second-order valence-corrected chi connectivity index (χ2v) is 4.29. The maximum atomic E-state index is 8.82. The Morgan fingerprint density at radius 2 is 1.88 bits per heavy atom. The zero-order chi connectivity index (χ0) is 12.3. The highest BCUT2D eigenvalue weighted by atomic mass is 79.9. The fourth-order valence-electron chi connectivity index (χ4n) is 1.31. The molecule has 1 aromatic carbocycles. The van der Waals surface area contributed by atoms with Crippen molar-refractivity contribution in [1.29, 1.82) is 5.26 Å². The Morgan fingerprint density at radius 1 is 1.18 bits per heavy atom. The number of rotatable bonds is 2. The van der Waals surface area contributed by atoms with Gasteiger partial charge in [-0.05, 0) is 36.4 Å². The molecule has 0 atom stereocenters. The van der Waals surface area contributed by atoms with Crippen molar-refractivity contribution in [1.82, 2.24) is 4.98 Å². The van der Waals surface area contributed by atoms with Crippen molar-refractivity contribution >= 4 is 33.1 Å². The number of nitriles is 1. The smallest absolute Gasteiger partial charge is 0.165 e. The van der Waals surface area contributed by atoms with Gasteiger partial charge in [-0.1, -0.05) is 15.9 Å². The number of aromatic nitrogens is 1. The van der Waals surface area contributed by atoms with Gasteiger partial charge in [-0.25, -0.2) is 4.98 Å². The number of nitrogens with zero attached hydrogens (tertiary/aromatic N) is 2. The lowest BCUT2D eigenvalue weighted by Crippen LogP contribution is -1.98. The van der Waals surface area contributed by atoms with E-state index in [0.717, 1.165) is 10.2 Å². The number of benzene rings is 1. The summed E-state index contributed by atoms with van der Waals surface area (Å²) in [4.78, 5) is 4.10. The minimum atomic E-state index is 0.229. The molecule has 0 aliphatic rings. The van der Waals surface area contributed by atoms with E-state index in [0.29, 0.717) is 11.5 Å². The van der Waals surface area contributed by atoms with Crippen LogP contribution in [-0.4, -0.2) is 4.98 Å². The molecule has 2 rings (SSSR count). The number of pyridine rings is 1. The van der Waals surface area contributed by atoms with Gasteiger partial charge in [0, 0.05) is 10.2 Å². The Hall–Kier alpha value is -2.06. The number of halogens is 1. The fraction of sp³-hybridized carbons (Fsp3) is 0. The summed E-state index contributed by atoms with van der Waals surface area (Å²) in [6, 6.07) is 13.0. The molecule has 0 saturated heterocycles. The molecule has 0 bridgehead atoms. The highest BCUT2D eigenvalue weighted by molar-refractivity contribution is 9.10. The normalized spacial score (nSPS) is 9.65. The van der Waals surface area contributed by atoms with Crippen LogP contribution in [0, 0.1) is 11.3 Å². The summed E-state index contributed by atoms with van der Waals surface area (Å²) < 4.78 is 1.01. The molecule has 84 valence electrons. The van der Waals surface area contributed by atoms with E-state index in [-0.39, 0.29) is 5.69 Å². The highest BCUT2D eigenvalue weighted by Crippen LogP contribution is 2.19. The molecular formula is C12H9BrN4. The third-order valence-electron chi connectivity index (χ3n) is 2.15. The number of nitrogens with two attached hydrogens (primary N) is 1. The first-order valence-electron chi connectivity index (χ1n) is 4.88. The highest BCUT2D eigenvalue weighted by Gasteiger charge is 2.02. The number of hydrogen-bond donors (Lipinski definition) is 2. The monoisotopic (exact) mass is 288 g/mol. The third kappa shape index (κ3) is 2.74. The molecule has 3 N–H and O–H groups in total. The van der Waals surface area contributed by atoms with E-state index in [2.05, 4.69) is 26.2 Å². The first-order valence-corrected chi connectivity index (χ1v) is 5.67. The first-order chi connectivity index (χ1) is 8.19. The molecule has 0 saturated carbocycles. The summed E-state index contributed by atoms with van der Waals surface area (Å²) in [6.07, 6.45) is 0. The maximum Gasteiger partial charge on any atom is 0.165 e. The zero-order valence-corrected chi connectivity index (χ0v) is 10.4. The number of hydrogen-bond acceptors (Lipinski definition) is 4. The van der Waals surface area contributed by atoms with Crippen LogP contribution in [0.1, 0.15) is 5.69 Å². The zero-order valence-electron chi connectivity index (χ0n) is 8.81. The number of nitrogen functional groups attached to an aromatic ring is 1. The van der Waals surface area contributed by atoms with Crippen LogP contribution >= 0.6 is 15.9 Å². The predicted octanol–water partition coefficient (Wildman–Crippen LogP) is 3.04. The summed E-state index contributed by atoms with van der Waals surface area (Å²) in [6.45, 7) is 0. The largest absolute Gasteiger partial charge is 0.396 e. The molecule has 0 radical (unpaired) electrons. The third-order valence-corrected chi connectivity index (χ3v) is 2.68. The van der Waals surface area contributed by atoms with E-state index in [1.165, 1.54) is 0 Å². The summed E-state index contributed by atoms with van der Waals surface area (Å²) >= 11 is 3.36. The predicted molar refractivity (Wildman–Crippen MR) is 70.8 cm³/mol. The second-order valence-electron chi connectivity index (χ2n) is 3.38. The van der Waals surface area contributed by atoms with Gasteiger partial charge in [0.2, 0.25) is 0 Å². The van der Waals surface area contributed by atoms with Gasteiger partial charge < -0.3 is 11.1 Å². The van der Waals surface area contributed by atoms with Crippen LogP contribution in [0.3, 0.4) is 0 Å². The van der Waals surface area contributed by atoms with Gasteiger partial charge in [-0.15, -0.1) is 0 Å². The SMILES string of the molecule is N#Cc1nc(Nc2ccc(Br)cc2)ccc1N. The second kappa shape index (κ2) is 4.85. The first kappa shape index (κ1) is 11.4. The van der Waals surface area contributed by atoms with Gasteiger partial charge in [0.15, 0.2) is 5.69 Å². The van der Waals surface area contributed by atoms with Crippen LogP contribution in [0.25, 0.3) is 0 Å². The van der Waals surface area contributed by atoms with E-state index >= 15 is 0 Å². The van der Waals surface area contributed by atoms with Crippen LogP contribution in [0.4, 0.5) is 17.2 Å². The Balaban J connectivity index is 2.25. The van der Waals surface area contributed by atoms with E-state index < -0.39 is 0 Å². The lowest BCUT2D eigenvalue weighted by molar-refractivity contribution is 1.26. The van der Waals surface area contributed by atoms with Crippen molar-refractivity contribution in [3.8, 4) is 6.07 Å². The molecule has 0 aliphatic heterocycles. The average Bonchev–Trinajstić information content (AvgIpc) is 2.34. The van der Waals surface area contributed by atoms with Crippen molar-refractivity contribution in [3.05, 3.63) is 46.6 Å². The van der Waals surface area contributed by atoms with Gasteiger partial charge in [-0.2, -0.15) is 5.26 Å². The van der Waals surface area contributed by atoms with Gasteiger partial charge in [-0.3, -0.25) is 0 Å². The standard InChI is InChI=1S/C12H9BrN4/c13-8-1-3-9(4-2-8)16-12-6-5-10(15)11(7-14)17-12/h1-6H,15H2,(H,16,17). The van der Waals surface area contributed by atoms with E-state index in [9.17, 15) is 0 Å². The average molecular weight is 289 g/mol. The fourth-order valence-corrected chi connectivity index (χ4v) is 1.57. The van der Waals surface area contributed by atoms with Crippen molar-refractivity contribution in [3.63, 3.8) is 0 Å². The molecule has 0 fully saturated rings. The quantitative estimate of drug-likeness (QED) is 0.891. The van der Waals surface area contributed by atoms with Crippen molar-refractivity contribution in [2.75, 3.05) is 11.1 Å². The molecule has 1 aromatic heterocycles. The molecule has 4 nitrogen and oxygen atoms in total. The number of nitrogens with one attached hydrogen (secondary N) is 1. The van der Waals surface area contributed by atoms with E-state index in [1.54, 1.807) is 12.1 Å². The van der Waals surface area contributed by atoms with Crippen molar-refractivity contribution in [2.24, 2.45) is 0 Å².